The Labute approximate surface area is 102 Å². The van der Waals surface area contributed by atoms with E-state index in [0.717, 1.165) is 0 Å². The molecular formula is C7H2Br2ClNO2S. The van der Waals surface area contributed by atoms with Crippen molar-refractivity contribution in [1.82, 2.24) is 0 Å². The fourth-order valence-electron chi connectivity index (χ4n) is 0.824. The molecule has 1 rings (SSSR count). The van der Waals surface area contributed by atoms with Crippen LogP contribution >= 0.6 is 42.5 Å². The van der Waals surface area contributed by atoms with E-state index in [1.165, 1.54) is 12.1 Å². The first kappa shape index (κ1) is 12.0. The van der Waals surface area contributed by atoms with E-state index in [1.807, 2.05) is 6.07 Å². The molecular weight excluding hydrogens is 357 g/mol. The molecule has 0 atom stereocenters. The van der Waals surface area contributed by atoms with Crippen LogP contribution in [0.25, 0.3) is 0 Å². The zero-order valence-electron chi connectivity index (χ0n) is 6.46. The van der Waals surface area contributed by atoms with Crippen LogP contribution in [-0.2, 0) is 9.05 Å². The first-order valence-corrected chi connectivity index (χ1v) is 7.10. The van der Waals surface area contributed by atoms with Gasteiger partial charge in [0.05, 0.1) is 14.9 Å². The SMILES string of the molecule is N#Cc1c(Br)ccc(S(=O)(=O)Cl)c1Br. The van der Waals surface area contributed by atoms with E-state index >= 15 is 0 Å². The van der Waals surface area contributed by atoms with E-state index in [-0.39, 0.29) is 14.9 Å². The summed E-state index contributed by atoms with van der Waals surface area (Å²) in [5.41, 5.74) is 0.201. The van der Waals surface area contributed by atoms with Crippen LogP contribution in [0.15, 0.2) is 26.0 Å². The normalized spacial score (nSPS) is 11.0. The van der Waals surface area contributed by atoms with E-state index in [2.05, 4.69) is 31.9 Å². The summed E-state index contributed by atoms with van der Waals surface area (Å²) in [6.07, 6.45) is 0. The summed E-state index contributed by atoms with van der Waals surface area (Å²) in [5.74, 6) is 0. The molecule has 14 heavy (non-hydrogen) atoms. The highest BCUT2D eigenvalue weighted by Crippen LogP contribution is 2.32. The van der Waals surface area contributed by atoms with Gasteiger partial charge >= 0.3 is 0 Å². The number of hydrogen-bond donors (Lipinski definition) is 0. The molecule has 1 aromatic rings. The van der Waals surface area contributed by atoms with Gasteiger partial charge in [-0.3, -0.25) is 0 Å². The Kier molecular flexibility index (Phi) is 3.58. The molecule has 0 fully saturated rings. The fourth-order valence-corrected chi connectivity index (χ4v) is 3.80. The standard InChI is InChI=1S/C7H2Br2ClNO2S/c8-5-1-2-6(14(10,12)13)7(9)4(5)3-11/h1-2H. The van der Waals surface area contributed by atoms with Crippen LogP contribution < -0.4 is 0 Å². The third-order valence-electron chi connectivity index (χ3n) is 1.43. The number of halogens is 3. The Balaban J connectivity index is 3.62. The minimum Gasteiger partial charge on any atom is -0.207 e. The lowest BCUT2D eigenvalue weighted by Crippen LogP contribution is -1.94. The highest BCUT2D eigenvalue weighted by Gasteiger charge is 2.18. The quantitative estimate of drug-likeness (QED) is 0.724. The van der Waals surface area contributed by atoms with Gasteiger partial charge in [-0.1, -0.05) is 0 Å². The van der Waals surface area contributed by atoms with Crippen molar-refractivity contribution in [3.05, 3.63) is 26.6 Å². The van der Waals surface area contributed by atoms with E-state index in [1.54, 1.807) is 0 Å². The van der Waals surface area contributed by atoms with Gasteiger partial charge in [-0.15, -0.1) is 0 Å². The Morgan fingerprint density at radius 2 is 1.93 bits per heavy atom. The number of benzene rings is 1. The van der Waals surface area contributed by atoms with Gasteiger partial charge in [0, 0.05) is 15.2 Å². The molecule has 0 radical (unpaired) electrons. The second-order valence-electron chi connectivity index (χ2n) is 2.28. The minimum atomic E-state index is -3.83. The molecule has 7 heteroatoms. The summed E-state index contributed by atoms with van der Waals surface area (Å²) >= 11 is 6.13. The Morgan fingerprint density at radius 1 is 1.36 bits per heavy atom. The van der Waals surface area contributed by atoms with Gasteiger partial charge in [0.2, 0.25) is 0 Å². The summed E-state index contributed by atoms with van der Waals surface area (Å²) in [6.45, 7) is 0. The maximum absolute atomic E-state index is 11.0. The van der Waals surface area contributed by atoms with Crippen molar-refractivity contribution in [3.63, 3.8) is 0 Å². The second-order valence-corrected chi connectivity index (χ2v) is 6.47. The highest BCUT2D eigenvalue weighted by atomic mass is 79.9. The van der Waals surface area contributed by atoms with E-state index < -0.39 is 9.05 Å². The van der Waals surface area contributed by atoms with Crippen LogP contribution in [0.2, 0.25) is 0 Å². The van der Waals surface area contributed by atoms with Crippen molar-refractivity contribution in [2.75, 3.05) is 0 Å². The van der Waals surface area contributed by atoms with Crippen LogP contribution in [0.3, 0.4) is 0 Å². The predicted molar refractivity (Wildman–Crippen MR) is 59.6 cm³/mol. The smallest absolute Gasteiger partial charge is 0.207 e. The van der Waals surface area contributed by atoms with Gasteiger partial charge in [0.15, 0.2) is 0 Å². The van der Waals surface area contributed by atoms with Crippen molar-refractivity contribution >= 4 is 51.6 Å². The fraction of sp³-hybridized carbons (Fsp3) is 0. The van der Waals surface area contributed by atoms with Gasteiger partial charge < -0.3 is 0 Å². The third kappa shape index (κ3) is 2.28. The van der Waals surface area contributed by atoms with Gasteiger partial charge in [0.1, 0.15) is 6.07 Å². The largest absolute Gasteiger partial charge is 0.262 e. The lowest BCUT2D eigenvalue weighted by atomic mass is 10.2. The van der Waals surface area contributed by atoms with Gasteiger partial charge in [-0.25, -0.2) is 8.42 Å². The zero-order valence-corrected chi connectivity index (χ0v) is 11.2. The van der Waals surface area contributed by atoms with E-state index in [9.17, 15) is 8.42 Å². The Morgan fingerprint density at radius 3 is 2.36 bits per heavy atom. The van der Waals surface area contributed by atoms with Crippen LogP contribution in [-0.4, -0.2) is 8.42 Å². The second kappa shape index (κ2) is 4.19. The monoisotopic (exact) mass is 357 g/mol. The molecule has 0 aliphatic carbocycles. The number of hydrogen-bond acceptors (Lipinski definition) is 3. The van der Waals surface area contributed by atoms with Crippen LogP contribution in [0.1, 0.15) is 5.56 Å². The zero-order chi connectivity index (χ0) is 10.9. The molecule has 3 nitrogen and oxygen atoms in total. The summed E-state index contributed by atoms with van der Waals surface area (Å²) in [5, 5.41) is 8.74. The van der Waals surface area contributed by atoms with Gasteiger partial charge in [0.25, 0.3) is 9.05 Å². The summed E-state index contributed by atoms with van der Waals surface area (Å²) in [6, 6.07) is 4.63. The third-order valence-corrected chi connectivity index (χ3v) is 4.54. The number of nitriles is 1. The molecule has 0 saturated carbocycles. The minimum absolute atomic E-state index is 0.112. The molecule has 0 aromatic heterocycles. The average Bonchev–Trinajstić information content (AvgIpc) is 2.02. The molecule has 0 aliphatic heterocycles. The summed E-state index contributed by atoms with van der Waals surface area (Å²) < 4.78 is 22.8. The topological polar surface area (TPSA) is 57.9 Å². The molecule has 0 amide bonds. The molecule has 0 heterocycles. The van der Waals surface area contributed by atoms with Crippen LogP contribution in [0.5, 0.6) is 0 Å². The van der Waals surface area contributed by atoms with Crippen molar-refractivity contribution < 1.29 is 8.42 Å². The van der Waals surface area contributed by atoms with E-state index in [4.69, 9.17) is 15.9 Å². The van der Waals surface area contributed by atoms with Gasteiger partial charge in [-0.2, -0.15) is 5.26 Å². The molecule has 0 unspecified atom stereocenters. The maximum atomic E-state index is 11.0. The Hall–Kier alpha value is -0.0900. The highest BCUT2D eigenvalue weighted by molar-refractivity contribution is 9.11. The van der Waals surface area contributed by atoms with E-state index in [0.29, 0.717) is 4.47 Å². The molecule has 0 spiro atoms. The molecule has 1 aromatic carbocycles. The van der Waals surface area contributed by atoms with Crippen molar-refractivity contribution in [2.45, 2.75) is 4.90 Å². The van der Waals surface area contributed by atoms with Crippen molar-refractivity contribution in [1.29, 1.82) is 5.26 Å². The number of rotatable bonds is 1. The first-order valence-electron chi connectivity index (χ1n) is 3.20. The molecule has 0 saturated heterocycles. The van der Waals surface area contributed by atoms with Crippen LogP contribution in [0.4, 0.5) is 0 Å². The molecule has 0 N–H and O–H groups in total. The molecule has 74 valence electrons. The van der Waals surface area contributed by atoms with Gasteiger partial charge in [-0.05, 0) is 44.0 Å². The maximum Gasteiger partial charge on any atom is 0.262 e. The summed E-state index contributed by atoms with van der Waals surface area (Å²) in [4.78, 5) is -0.112. The average molecular weight is 359 g/mol. The van der Waals surface area contributed by atoms with Crippen molar-refractivity contribution in [3.8, 4) is 6.07 Å². The molecule has 0 aliphatic rings. The summed E-state index contributed by atoms with van der Waals surface area (Å²) in [7, 11) is 1.33. The lowest BCUT2D eigenvalue weighted by Gasteiger charge is -2.03. The Bertz CT molecular complexity index is 521. The van der Waals surface area contributed by atoms with Crippen LogP contribution in [0, 0.1) is 11.3 Å². The molecule has 0 bridgehead atoms. The van der Waals surface area contributed by atoms with Crippen molar-refractivity contribution in [2.24, 2.45) is 0 Å². The first-order chi connectivity index (χ1) is 6.38. The predicted octanol–water partition coefficient (Wildman–Crippen LogP) is 3.01. The number of nitrogens with zero attached hydrogens (tertiary/aromatic N) is 1. The lowest BCUT2D eigenvalue weighted by molar-refractivity contribution is 0.609.